The molecule has 3 aliphatic rings. The van der Waals surface area contributed by atoms with Gasteiger partial charge in [0.15, 0.2) is 0 Å². The fraction of sp³-hybridized carbons (Fsp3) is 0.783. The van der Waals surface area contributed by atoms with Crippen molar-refractivity contribution in [2.24, 2.45) is 29.6 Å². The van der Waals surface area contributed by atoms with Crippen LogP contribution in [0.4, 0.5) is 0 Å². The molecule has 0 bridgehead atoms. The summed E-state index contributed by atoms with van der Waals surface area (Å²) < 4.78 is 0. The summed E-state index contributed by atoms with van der Waals surface area (Å²) in [6, 6.07) is 0. The van der Waals surface area contributed by atoms with Crippen molar-refractivity contribution in [3.8, 4) is 0 Å². The van der Waals surface area contributed by atoms with Crippen LogP contribution < -0.4 is 0 Å². The number of hydrogen-bond donors (Lipinski definition) is 3. The Morgan fingerprint density at radius 2 is 1.96 bits per heavy atom. The van der Waals surface area contributed by atoms with Gasteiger partial charge in [0, 0.05) is 12.3 Å². The predicted octanol–water partition coefficient (Wildman–Crippen LogP) is 4.32. The van der Waals surface area contributed by atoms with Crippen LogP contribution in [0.15, 0.2) is 23.8 Å². The van der Waals surface area contributed by atoms with Crippen LogP contribution in [0.2, 0.25) is 0 Å². The average molecular weight is 377 g/mol. The standard InChI is InChI=1S/C23H36O4/c1-15-6-8-17(9-7-15)21(24)11-10-19-20-13-16(4-2-3-5-23(26)27)12-18(20)14-22(19)25/h4,10-11,15,17-22,24-25H,2-3,5-9,12-14H2,1H3,(H,26,27)/b11-10+,16-4+/t15?,17?,18-,19-,20+,21+,22-/m1/s1. The third kappa shape index (κ3) is 5.45. The highest BCUT2D eigenvalue weighted by Gasteiger charge is 2.45. The summed E-state index contributed by atoms with van der Waals surface area (Å²) in [5, 5.41) is 29.8. The van der Waals surface area contributed by atoms with Crippen molar-refractivity contribution >= 4 is 5.97 Å². The molecule has 0 aromatic heterocycles. The molecule has 27 heavy (non-hydrogen) atoms. The predicted molar refractivity (Wildman–Crippen MR) is 106 cm³/mol. The number of aliphatic carboxylic acids is 1. The minimum Gasteiger partial charge on any atom is -0.481 e. The van der Waals surface area contributed by atoms with Gasteiger partial charge in [-0.1, -0.05) is 43.6 Å². The van der Waals surface area contributed by atoms with Crippen molar-refractivity contribution in [1.82, 2.24) is 0 Å². The number of carboxylic acids is 1. The summed E-state index contributed by atoms with van der Waals surface area (Å²) >= 11 is 0. The fourth-order valence-electron chi connectivity index (χ4n) is 5.53. The molecule has 4 heteroatoms. The normalized spacial score (nSPS) is 39.1. The molecule has 0 aromatic carbocycles. The van der Waals surface area contributed by atoms with E-state index in [1.165, 1.54) is 18.4 Å². The molecule has 0 unspecified atom stereocenters. The SMILES string of the molecule is CC1CCC([C@@H](O)/C=C/[C@@H]2[C@H]3C/C(=C/CCCC(=O)O)C[C@@H]3C[C@H]2O)CC1. The van der Waals surface area contributed by atoms with Crippen molar-refractivity contribution < 1.29 is 20.1 Å². The van der Waals surface area contributed by atoms with E-state index in [2.05, 4.69) is 19.1 Å². The number of carboxylic acid groups (broad SMARTS) is 1. The molecule has 0 heterocycles. The minimum absolute atomic E-state index is 0.150. The van der Waals surface area contributed by atoms with Gasteiger partial charge in [-0.2, -0.15) is 0 Å². The summed E-state index contributed by atoms with van der Waals surface area (Å²) in [6.45, 7) is 2.29. The molecule has 0 spiro atoms. The van der Waals surface area contributed by atoms with Gasteiger partial charge in [0.25, 0.3) is 0 Å². The van der Waals surface area contributed by atoms with Gasteiger partial charge in [-0.25, -0.2) is 0 Å². The van der Waals surface area contributed by atoms with Gasteiger partial charge in [-0.3, -0.25) is 4.79 Å². The number of carbonyl (C=O) groups is 1. The molecule has 152 valence electrons. The molecule has 5 atom stereocenters. The van der Waals surface area contributed by atoms with E-state index in [0.717, 1.165) is 44.4 Å². The molecular formula is C23H36O4. The van der Waals surface area contributed by atoms with E-state index in [-0.39, 0.29) is 24.5 Å². The molecule has 0 saturated heterocycles. The number of rotatable bonds is 7. The highest BCUT2D eigenvalue weighted by Crippen LogP contribution is 2.50. The Kier molecular flexibility index (Phi) is 7.16. The van der Waals surface area contributed by atoms with Gasteiger partial charge in [0.05, 0.1) is 12.2 Å². The Morgan fingerprint density at radius 1 is 1.22 bits per heavy atom. The Bertz CT molecular complexity index is 559. The zero-order chi connectivity index (χ0) is 19.4. The second-order valence-corrected chi connectivity index (χ2v) is 9.26. The van der Waals surface area contributed by atoms with E-state index < -0.39 is 5.97 Å². The Hall–Kier alpha value is -1.13. The number of hydrogen-bond acceptors (Lipinski definition) is 3. The lowest BCUT2D eigenvalue weighted by Gasteiger charge is -2.28. The largest absolute Gasteiger partial charge is 0.481 e. The van der Waals surface area contributed by atoms with E-state index in [4.69, 9.17) is 5.11 Å². The summed E-state index contributed by atoms with van der Waals surface area (Å²) in [5.74, 6) is 1.59. The fourth-order valence-corrected chi connectivity index (χ4v) is 5.53. The molecule has 0 amide bonds. The maximum atomic E-state index is 10.6. The Balaban J connectivity index is 1.52. The van der Waals surface area contributed by atoms with Gasteiger partial charge >= 0.3 is 5.97 Å². The molecule has 3 rings (SSSR count). The number of unbranched alkanes of at least 4 members (excludes halogenated alkanes) is 1. The average Bonchev–Trinajstić information content (AvgIpc) is 3.13. The molecule has 0 radical (unpaired) electrons. The van der Waals surface area contributed by atoms with Crippen LogP contribution >= 0.6 is 0 Å². The molecule has 3 aliphatic carbocycles. The molecule has 3 N–H and O–H groups in total. The lowest BCUT2D eigenvalue weighted by molar-refractivity contribution is -0.137. The summed E-state index contributed by atoms with van der Waals surface area (Å²) in [5.41, 5.74) is 1.43. The first-order valence-corrected chi connectivity index (χ1v) is 10.9. The first-order chi connectivity index (χ1) is 12.9. The van der Waals surface area contributed by atoms with Crippen LogP contribution in [-0.2, 0) is 4.79 Å². The van der Waals surface area contributed by atoms with Gasteiger partial charge in [0.2, 0.25) is 0 Å². The lowest BCUT2D eigenvalue weighted by atomic mass is 9.79. The van der Waals surface area contributed by atoms with Crippen LogP contribution in [0.1, 0.15) is 71.1 Å². The molecule has 0 aliphatic heterocycles. The van der Waals surface area contributed by atoms with Crippen LogP contribution in [0.3, 0.4) is 0 Å². The van der Waals surface area contributed by atoms with Gasteiger partial charge in [-0.15, -0.1) is 0 Å². The maximum Gasteiger partial charge on any atom is 0.303 e. The van der Waals surface area contributed by atoms with Crippen LogP contribution in [0.5, 0.6) is 0 Å². The number of allylic oxidation sites excluding steroid dienone is 2. The van der Waals surface area contributed by atoms with E-state index in [1.807, 2.05) is 6.08 Å². The summed E-state index contributed by atoms with van der Waals surface area (Å²) in [4.78, 5) is 10.6. The third-order valence-corrected chi connectivity index (χ3v) is 7.21. The van der Waals surface area contributed by atoms with Gasteiger partial charge in [0.1, 0.15) is 0 Å². The monoisotopic (exact) mass is 376 g/mol. The second-order valence-electron chi connectivity index (χ2n) is 9.26. The van der Waals surface area contributed by atoms with Crippen molar-refractivity contribution in [3.63, 3.8) is 0 Å². The second kappa shape index (κ2) is 9.38. The smallest absolute Gasteiger partial charge is 0.303 e. The van der Waals surface area contributed by atoms with Crippen molar-refractivity contribution in [2.45, 2.75) is 83.3 Å². The highest BCUT2D eigenvalue weighted by molar-refractivity contribution is 5.66. The summed E-state index contributed by atoms with van der Waals surface area (Å²) in [7, 11) is 0. The Morgan fingerprint density at radius 3 is 2.67 bits per heavy atom. The topological polar surface area (TPSA) is 77.8 Å². The quantitative estimate of drug-likeness (QED) is 0.457. The highest BCUT2D eigenvalue weighted by atomic mass is 16.4. The molecular weight excluding hydrogens is 340 g/mol. The van der Waals surface area contributed by atoms with E-state index >= 15 is 0 Å². The van der Waals surface area contributed by atoms with Gasteiger partial charge < -0.3 is 15.3 Å². The minimum atomic E-state index is -0.726. The van der Waals surface area contributed by atoms with E-state index in [0.29, 0.717) is 24.2 Å². The molecule has 0 aromatic rings. The number of fused-ring (bicyclic) bond motifs is 1. The lowest BCUT2D eigenvalue weighted by Crippen LogP contribution is -2.24. The van der Waals surface area contributed by atoms with Crippen molar-refractivity contribution in [1.29, 1.82) is 0 Å². The Labute approximate surface area is 163 Å². The number of aliphatic hydroxyl groups is 2. The first kappa shape index (κ1) is 20.6. The zero-order valence-corrected chi connectivity index (χ0v) is 16.6. The van der Waals surface area contributed by atoms with Crippen molar-refractivity contribution in [2.75, 3.05) is 0 Å². The van der Waals surface area contributed by atoms with E-state index in [9.17, 15) is 15.0 Å². The molecule has 3 fully saturated rings. The summed E-state index contributed by atoms with van der Waals surface area (Å²) in [6.07, 6.45) is 14.9. The zero-order valence-electron chi connectivity index (χ0n) is 16.6. The van der Waals surface area contributed by atoms with Crippen LogP contribution in [0, 0.1) is 29.6 Å². The number of aliphatic hydroxyl groups excluding tert-OH is 2. The van der Waals surface area contributed by atoms with Gasteiger partial charge in [-0.05, 0) is 68.6 Å². The van der Waals surface area contributed by atoms with E-state index in [1.54, 1.807) is 0 Å². The van der Waals surface area contributed by atoms with Crippen LogP contribution in [-0.4, -0.2) is 33.5 Å². The maximum absolute atomic E-state index is 10.6. The van der Waals surface area contributed by atoms with Crippen molar-refractivity contribution in [3.05, 3.63) is 23.8 Å². The first-order valence-electron chi connectivity index (χ1n) is 10.9. The molecule has 3 saturated carbocycles. The molecule has 4 nitrogen and oxygen atoms in total. The van der Waals surface area contributed by atoms with Crippen LogP contribution in [0.25, 0.3) is 0 Å². The third-order valence-electron chi connectivity index (χ3n) is 7.21.